The molecular formula is C11H18N2O3S. The maximum Gasteiger partial charge on any atom is 0.208 e. The smallest absolute Gasteiger partial charge is 0.208 e. The lowest BCUT2D eigenvalue weighted by Gasteiger charge is -2.22. The zero-order valence-electron chi connectivity index (χ0n) is 9.98. The number of hydrogen-bond acceptors (Lipinski definition) is 5. The van der Waals surface area contributed by atoms with E-state index in [0.717, 1.165) is 25.0 Å². The van der Waals surface area contributed by atoms with Gasteiger partial charge in [-0.1, -0.05) is 6.92 Å². The maximum atomic E-state index is 11.4. The van der Waals surface area contributed by atoms with E-state index in [1.54, 1.807) is 6.20 Å². The lowest BCUT2D eigenvalue weighted by Crippen LogP contribution is -2.39. The summed E-state index contributed by atoms with van der Waals surface area (Å²) in [5.74, 6) is 2.04. The molecule has 1 fully saturated rings. The molecule has 0 aliphatic carbocycles. The summed E-state index contributed by atoms with van der Waals surface area (Å²) in [6.07, 6.45) is 4.19. The third kappa shape index (κ3) is 3.54. The van der Waals surface area contributed by atoms with Crippen LogP contribution in [-0.2, 0) is 22.8 Å². The first kappa shape index (κ1) is 12.6. The van der Waals surface area contributed by atoms with Gasteiger partial charge in [-0.3, -0.25) is 0 Å². The summed E-state index contributed by atoms with van der Waals surface area (Å²) >= 11 is 0. The molecule has 0 radical (unpaired) electrons. The Labute approximate surface area is 102 Å². The summed E-state index contributed by atoms with van der Waals surface area (Å²) in [5.41, 5.74) is 0. The van der Waals surface area contributed by atoms with Crippen molar-refractivity contribution in [3.63, 3.8) is 0 Å². The molecule has 2 rings (SSSR count). The predicted octanol–water partition coefficient (Wildman–Crippen LogP) is 0.904. The lowest BCUT2D eigenvalue weighted by molar-refractivity contribution is 0.408. The number of aromatic nitrogens is 1. The molecule has 1 aliphatic rings. The first-order valence-electron chi connectivity index (χ1n) is 5.96. The van der Waals surface area contributed by atoms with Crippen LogP contribution < -0.4 is 5.32 Å². The molecule has 0 bridgehead atoms. The molecule has 2 heterocycles. The molecule has 6 heteroatoms. The summed E-state index contributed by atoms with van der Waals surface area (Å²) in [4.78, 5) is 4.13. The minimum absolute atomic E-state index is 0.0331. The van der Waals surface area contributed by atoms with Crippen LogP contribution in [-0.4, -0.2) is 30.9 Å². The summed E-state index contributed by atoms with van der Waals surface area (Å²) < 4.78 is 28.3. The first-order chi connectivity index (χ1) is 8.09. The summed E-state index contributed by atoms with van der Waals surface area (Å²) in [7, 11) is -2.85. The average molecular weight is 258 g/mol. The number of sulfone groups is 1. The normalized spacial score (nSPS) is 23.7. The van der Waals surface area contributed by atoms with Gasteiger partial charge in [0.25, 0.3) is 0 Å². The topological polar surface area (TPSA) is 72.2 Å². The molecule has 0 saturated carbocycles. The molecule has 5 nitrogen and oxygen atoms in total. The molecule has 17 heavy (non-hydrogen) atoms. The van der Waals surface area contributed by atoms with Crippen molar-refractivity contribution in [3.8, 4) is 0 Å². The van der Waals surface area contributed by atoms with Gasteiger partial charge < -0.3 is 9.73 Å². The third-order valence-corrected chi connectivity index (χ3v) is 4.78. The molecule has 1 saturated heterocycles. The first-order valence-corrected chi connectivity index (χ1v) is 7.78. The fourth-order valence-corrected chi connectivity index (χ4v) is 3.68. The van der Waals surface area contributed by atoms with Crippen LogP contribution in [0.4, 0.5) is 0 Å². The van der Waals surface area contributed by atoms with Crippen LogP contribution in [0.3, 0.4) is 0 Å². The molecule has 0 spiro atoms. The molecule has 1 aromatic rings. The average Bonchev–Trinajstić information content (AvgIpc) is 2.73. The highest BCUT2D eigenvalue weighted by atomic mass is 32.2. The van der Waals surface area contributed by atoms with Gasteiger partial charge in [0.1, 0.15) is 5.76 Å². The Morgan fingerprint density at radius 2 is 2.41 bits per heavy atom. The fourth-order valence-electron chi connectivity index (χ4n) is 2.01. The van der Waals surface area contributed by atoms with Crippen LogP contribution in [0.5, 0.6) is 0 Å². The molecule has 1 aromatic heterocycles. The second-order valence-electron chi connectivity index (χ2n) is 4.41. The van der Waals surface area contributed by atoms with E-state index in [1.807, 2.05) is 6.92 Å². The largest absolute Gasteiger partial charge is 0.444 e. The molecule has 1 atom stereocenters. The van der Waals surface area contributed by atoms with Crippen LogP contribution in [0, 0.1) is 0 Å². The van der Waals surface area contributed by atoms with Crippen molar-refractivity contribution in [3.05, 3.63) is 17.8 Å². The second-order valence-corrected chi connectivity index (χ2v) is 6.64. The van der Waals surface area contributed by atoms with Crippen molar-refractivity contribution in [2.75, 3.05) is 11.5 Å². The van der Waals surface area contributed by atoms with Crippen molar-refractivity contribution in [1.29, 1.82) is 0 Å². The number of rotatable bonds is 4. The highest BCUT2D eigenvalue weighted by molar-refractivity contribution is 7.91. The SMILES string of the molecule is CCc1cnc(CNC2CCCS(=O)(=O)C2)o1. The van der Waals surface area contributed by atoms with Crippen molar-refractivity contribution in [2.24, 2.45) is 0 Å². The number of hydrogen-bond donors (Lipinski definition) is 1. The van der Waals surface area contributed by atoms with Gasteiger partial charge in [0.15, 0.2) is 9.84 Å². The molecule has 1 N–H and O–H groups in total. The molecule has 0 aromatic carbocycles. The third-order valence-electron chi connectivity index (χ3n) is 2.95. The van der Waals surface area contributed by atoms with E-state index in [0.29, 0.717) is 18.2 Å². The van der Waals surface area contributed by atoms with E-state index in [-0.39, 0.29) is 11.8 Å². The lowest BCUT2D eigenvalue weighted by atomic mass is 10.2. The van der Waals surface area contributed by atoms with Crippen LogP contribution in [0.2, 0.25) is 0 Å². The molecule has 96 valence electrons. The van der Waals surface area contributed by atoms with Gasteiger partial charge in [0, 0.05) is 12.5 Å². The van der Waals surface area contributed by atoms with Crippen LogP contribution in [0.25, 0.3) is 0 Å². The van der Waals surface area contributed by atoms with Gasteiger partial charge in [-0.05, 0) is 12.8 Å². The van der Waals surface area contributed by atoms with Gasteiger partial charge >= 0.3 is 0 Å². The minimum Gasteiger partial charge on any atom is -0.444 e. The van der Waals surface area contributed by atoms with Crippen molar-refractivity contribution in [1.82, 2.24) is 10.3 Å². The van der Waals surface area contributed by atoms with Crippen molar-refractivity contribution < 1.29 is 12.8 Å². The molecule has 1 unspecified atom stereocenters. The number of aryl methyl sites for hydroxylation is 1. The van der Waals surface area contributed by atoms with Crippen LogP contribution in [0.1, 0.15) is 31.4 Å². The number of nitrogens with zero attached hydrogens (tertiary/aromatic N) is 1. The van der Waals surface area contributed by atoms with Gasteiger partial charge in [0.05, 0.1) is 24.2 Å². The van der Waals surface area contributed by atoms with E-state index >= 15 is 0 Å². The summed E-state index contributed by atoms with van der Waals surface area (Å²) in [6.45, 7) is 2.51. The highest BCUT2D eigenvalue weighted by Crippen LogP contribution is 2.13. The predicted molar refractivity (Wildman–Crippen MR) is 64.4 cm³/mol. The Hall–Kier alpha value is -0.880. The number of oxazole rings is 1. The summed E-state index contributed by atoms with van der Waals surface area (Å²) in [5, 5.41) is 3.20. The Kier molecular flexibility index (Phi) is 3.83. The Morgan fingerprint density at radius 3 is 3.06 bits per heavy atom. The van der Waals surface area contributed by atoms with E-state index in [2.05, 4.69) is 10.3 Å². The zero-order chi connectivity index (χ0) is 12.3. The van der Waals surface area contributed by atoms with Crippen LogP contribution in [0.15, 0.2) is 10.6 Å². The van der Waals surface area contributed by atoms with E-state index in [1.165, 1.54) is 0 Å². The standard InChI is InChI=1S/C11H18N2O3S/c1-2-10-6-13-11(16-10)7-12-9-4-3-5-17(14,15)8-9/h6,9,12H,2-5,7-8H2,1H3. The zero-order valence-corrected chi connectivity index (χ0v) is 10.8. The van der Waals surface area contributed by atoms with Gasteiger partial charge in [-0.2, -0.15) is 0 Å². The highest BCUT2D eigenvalue weighted by Gasteiger charge is 2.24. The van der Waals surface area contributed by atoms with Crippen LogP contribution >= 0.6 is 0 Å². The molecule has 0 amide bonds. The van der Waals surface area contributed by atoms with E-state index in [4.69, 9.17) is 4.42 Å². The summed E-state index contributed by atoms with van der Waals surface area (Å²) in [6, 6.07) is 0.0331. The van der Waals surface area contributed by atoms with E-state index < -0.39 is 9.84 Å². The quantitative estimate of drug-likeness (QED) is 0.869. The maximum absolute atomic E-state index is 11.4. The Bertz CT molecular complexity index is 467. The van der Waals surface area contributed by atoms with Gasteiger partial charge in [-0.25, -0.2) is 13.4 Å². The monoisotopic (exact) mass is 258 g/mol. The second kappa shape index (κ2) is 5.18. The Morgan fingerprint density at radius 1 is 1.59 bits per heavy atom. The Balaban J connectivity index is 1.85. The van der Waals surface area contributed by atoms with Crippen molar-refractivity contribution in [2.45, 2.75) is 38.8 Å². The molecule has 1 aliphatic heterocycles. The minimum atomic E-state index is -2.85. The van der Waals surface area contributed by atoms with Gasteiger partial charge in [-0.15, -0.1) is 0 Å². The number of nitrogens with one attached hydrogen (secondary N) is 1. The van der Waals surface area contributed by atoms with Gasteiger partial charge in [0.2, 0.25) is 5.89 Å². The van der Waals surface area contributed by atoms with E-state index in [9.17, 15) is 8.42 Å². The fraction of sp³-hybridized carbons (Fsp3) is 0.727. The van der Waals surface area contributed by atoms with Crippen molar-refractivity contribution >= 4 is 9.84 Å². The molecular weight excluding hydrogens is 240 g/mol.